The third-order valence-electron chi connectivity index (χ3n) is 6.38. The van der Waals surface area contributed by atoms with E-state index >= 15 is 0 Å². The van der Waals surface area contributed by atoms with Gasteiger partial charge in [0.25, 0.3) is 0 Å². The Morgan fingerprint density at radius 2 is 0.735 bits per heavy atom. The van der Waals surface area contributed by atoms with Crippen molar-refractivity contribution >= 4 is 64.9 Å². The van der Waals surface area contributed by atoms with Crippen LogP contribution in [0.1, 0.15) is 0 Å². The van der Waals surface area contributed by atoms with E-state index in [2.05, 4.69) is 105 Å². The normalized spacial score (nSPS) is 11.1. The molecule has 0 saturated carbocycles. The minimum absolute atomic E-state index is 0. The second-order valence-corrected chi connectivity index (χ2v) is 8.16. The Kier molecular flexibility index (Phi) is 5.48. The van der Waals surface area contributed by atoms with Gasteiger partial charge in [-0.05, 0) is 66.8 Å². The van der Waals surface area contributed by atoms with E-state index < -0.39 is 0 Å². The summed E-state index contributed by atoms with van der Waals surface area (Å²) >= 11 is 0. The lowest BCUT2D eigenvalue weighted by Crippen LogP contribution is -3.00. The average Bonchev–Trinajstić information content (AvgIpc) is 2.87. The van der Waals surface area contributed by atoms with Gasteiger partial charge in [-0.2, -0.15) is 0 Å². The van der Waals surface area contributed by atoms with Crippen LogP contribution in [0.15, 0.2) is 97.3 Å². The zero-order valence-electron chi connectivity index (χ0n) is 17.9. The molecule has 8 aromatic rings. The van der Waals surface area contributed by atoms with Crippen molar-refractivity contribution in [2.24, 2.45) is 0 Å². The average molecular weight is 481 g/mol. The van der Waals surface area contributed by atoms with Crippen molar-refractivity contribution in [3.63, 3.8) is 0 Å². The number of benzene rings is 6. The van der Waals surface area contributed by atoms with Gasteiger partial charge in [0.05, 0.1) is 10.8 Å². The van der Waals surface area contributed by atoms with Crippen molar-refractivity contribution in [3.8, 4) is 0 Å². The van der Waals surface area contributed by atoms with E-state index in [1.807, 2.05) is 12.4 Å². The number of nitrogens with one attached hydrogen (secondary N) is 2. The van der Waals surface area contributed by atoms with Crippen molar-refractivity contribution in [3.05, 3.63) is 97.3 Å². The Bertz CT molecular complexity index is 1500. The van der Waals surface area contributed by atoms with Crippen LogP contribution in [0.5, 0.6) is 0 Å². The fourth-order valence-corrected chi connectivity index (χ4v) is 4.95. The molecule has 0 unspecified atom stereocenters. The first kappa shape index (κ1) is 22.0. The van der Waals surface area contributed by atoms with E-state index in [0.717, 1.165) is 11.0 Å². The van der Waals surface area contributed by atoms with Crippen LogP contribution < -0.4 is 35.0 Å². The van der Waals surface area contributed by atoms with Gasteiger partial charge in [-0.15, -0.1) is 10.2 Å². The molecule has 0 spiro atoms. The molecule has 8 rings (SSSR count). The van der Waals surface area contributed by atoms with E-state index in [1.165, 1.54) is 53.9 Å². The van der Waals surface area contributed by atoms with Gasteiger partial charge in [0.15, 0.2) is 0 Å². The van der Waals surface area contributed by atoms with Crippen molar-refractivity contribution in [1.29, 1.82) is 0 Å². The molecular formula is C28H18Cl2N4. The molecule has 0 radical (unpaired) electrons. The molecule has 0 atom stereocenters. The highest BCUT2D eigenvalue weighted by atomic mass is 35.5. The van der Waals surface area contributed by atoms with E-state index in [0.29, 0.717) is 0 Å². The molecule has 0 bridgehead atoms. The van der Waals surface area contributed by atoms with E-state index in [-0.39, 0.29) is 24.8 Å². The number of rotatable bonds is 0. The van der Waals surface area contributed by atoms with Crippen LogP contribution in [-0.4, -0.2) is 10.2 Å². The molecule has 2 N–H and O–H groups in total. The quantitative estimate of drug-likeness (QED) is 0.277. The van der Waals surface area contributed by atoms with E-state index in [9.17, 15) is 0 Å². The van der Waals surface area contributed by atoms with Crippen LogP contribution in [0.3, 0.4) is 0 Å². The minimum atomic E-state index is 0. The van der Waals surface area contributed by atoms with Gasteiger partial charge in [-0.25, -0.2) is 0 Å². The Morgan fingerprint density at radius 1 is 0.382 bits per heavy atom. The SMILES string of the molecule is [Cl-].[Cl-].c1cc2ccc3c[nH+]nc4ccc(c1)c2c34.c1cc2ccc3c[nH+]nc4ccc(c1)c2c34. The van der Waals surface area contributed by atoms with Gasteiger partial charge >= 0.3 is 0 Å². The molecule has 0 fully saturated rings. The maximum atomic E-state index is 4.31. The molecule has 6 aromatic carbocycles. The second-order valence-electron chi connectivity index (χ2n) is 8.16. The van der Waals surface area contributed by atoms with Crippen LogP contribution in [0.4, 0.5) is 0 Å². The summed E-state index contributed by atoms with van der Waals surface area (Å²) in [6, 6.07) is 29.8. The Hall–Kier alpha value is -3.86. The van der Waals surface area contributed by atoms with Crippen molar-refractivity contribution in [1.82, 2.24) is 10.2 Å². The molecule has 2 heterocycles. The lowest BCUT2D eigenvalue weighted by Gasteiger charge is -2.06. The molecule has 2 aromatic heterocycles. The minimum Gasteiger partial charge on any atom is -1.00 e. The monoisotopic (exact) mass is 480 g/mol. The van der Waals surface area contributed by atoms with Gasteiger partial charge in [0, 0.05) is 10.8 Å². The maximum absolute atomic E-state index is 4.31. The highest BCUT2D eigenvalue weighted by Gasteiger charge is 2.11. The summed E-state index contributed by atoms with van der Waals surface area (Å²) in [7, 11) is 0. The predicted molar refractivity (Wildman–Crippen MR) is 129 cm³/mol. The zero-order chi connectivity index (χ0) is 21.1. The lowest BCUT2D eigenvalue weighted by atomic mass is 9.98. The Balaban J connectivity index is 0.000000134. The van der Waals surface area contributed by atoms with Gasteiger partial charge in [-0.3, -0.25) is 0 Å². The number of H-pyrrole nitrogens is 2. The molecule has 0 saturated heterocycles. The summed E-state index contributed by atoms with van der Waals surface area (Å²) in [4.78, 5) is 0. The highest BCUT2D eigenvalue weighted by molar-refractivity contribution is 6.22. The first-order chi connectivity index (χ1) is 15.9. The van der Waals surface area contributed by atoms with E-state index in [4.69, 9.17) is 0 Å². The predicted octanol–water partition coefficient (Wildman–Crippen LogP) is -0.406. The summed E-state index contributed by atoms with van der Waals surface area (Å²) in [5, 5.41) is 27.2. The fourth-order valence-electron chi connectivity index (χ4n) is 4.95. The van der Waals surface area contributed by atoms with Crippen LogP contribution in [0.2, 0.25) is 0 Å². The largest absolute Gasteiger partial charge is 1.00 e. The van der Waals surface area contributed by atoms with Gasteiger partial charge in [0.2, 0.25) is 12.4 Å². The fraction of sp³-hybridized carbons (Fsp3) is 0. The number of hydrogen-bond acceptors (Lipinski definition) is 2. The van der Waals surface area contributed by atoms with Gasteiger partial charge < -0.3 is 24.8 Å². The summed E-state index contributed by atoms with van der Waals surface area (Å²) < 4.78 is 0. The van der Waals surface area contributed by atoms with Crippen LogP contribution in [0, 0.1) is 0 Å². The molecular weight excluding hydrogens is 463 g/mol. The molecule has 0 aliphatic rings. The van der Waals surface area contributed by atoms with Gasteiger partial charge in [-0.1, -0.05) is 60.7 Å². The number of aromatic amines is 2. The second kappa shape index (κ2) is 8.49. The van der Waals surface area contributed by atoms with Crippen LogP contribution in [-0.2, 0) is 0 Å². The van der Waals surface area contributed by atoms with Crippen molar-refractivity contribution in [2.75, 3.05) is 0 Å². The summed E-state index contributed by atoms with van der Waals surface area (Å²) in [5.74, 6) is 0. The molecule has 34 heavy (non-hydrogen) atoms. The summed E-state index contributed by atoms with van der Waals surface area (Å²) in [6.45, 7) is 0. The first-order valence-electron chi connectivity index (χ1n) is 10.7. The maximum Gasteiger partial charge on any atom is 0.201 e. The Morgan fingerprint density at radius 3 is 1.15 bits per heavy atom. The number of hydrogen-bond donors (Lipinski definition) is 0. The van der Waals surface area contributed by atoms with Gasteiger partial charge in [0.1, 0.15) is 11.0 Å². The summed E-state index contributed by atoms with van der Waals surface area (Å²) in [6.07, 6.45) is 3.91. The topological polar surface area (TPSA) is 54.1 Å². The van der Waals surface area contributed by atoms with Crippen molar-refractivity contribution in [2.45, 2.75) is 0 Å². The van der Waals surface area contributed by atoms with Crippen LogP contribution >= 0.6 is 0 Å². The smallest absolute Gasteiger partial charge is 0.201 e. The zero-order valence-corrected chi connectivity index (χ0v) is 19.4. The highest BCUT2D eigenvalue weighted by Crippen LogP contribution is 2.33. The molecule has 0 aliphatic carbocycles. The van der Waals surface area contributed by atoms with Crippen molar-refractivity contribution < 1.29 is 35.0 Å². The molecule has 6 heteroatoms. The number of halogens is 2. The number of nitrogens with zero attached hydrogens (tertiary/aromatic N) is 2. The third kappa shape index (κ3) is 3.23. The third-order valence-corrected chi connectivity index (χ3v) is 6.38. The van der Waals surface area contributed by atoms with Crippen LogP contribution in [0.25, 0.3) is 64.9 Å². The lowest BCUT2D eigenvalue weighted by molar-refractivity contribution is -0.450. The summed E-state index contributed by atoms with van der Waals surface area (Å²) in [5.41, 5.74) is 2.06. The van der Waals surface area contributed by atoms with E-state index in [1.54, 1.807) is 0 Å². The molecule has 4 nitrogen and oxygen atoms in total. The molecule has 164 valence electrons. The molecule has 0 aliphatic heterocycles. The Labute approximate surface area is 207 Å². The standard InChI is InChI=1S/2C14H8N2.2ClH/c2*1-2-9-4-5-11-8-15-16-12-7-6-10(3-1)13(9)14(11)12;;/h2*1-8H;2*1H. The first-order valence-corrected chi connectivity index (χ1v) is 10.7. The number of aromatic nitrogens is 4. The molecule has 0 amide bonds.